The topological polar surface area (TPSA) is 58.6 Å². The number of carbonyl (C=O) groups excluding carboxylic acids is 2. The van der Waals surface area contributed by atoms with E-state index in [-0.39, 0.29) is 11.8 Å². The maximum absolute atomic E-state index is 11.5. The predicted molar refractivity (Wildman–Crippen MR) is 71.3 cm³/mol. The molecule has 1 N–H and O–H groups in total. The van der Waals surface area contributed by atoms with Crippen molar-refractivity contribution in [3.63, 3.8) is 0 Å². The fourth-order valence-electron chi connectivity index (χ4n) is 1.60. The highest BCUT2D eigenvalue weighted by Gasteiger charge is 2.10. The molecule has 106 valence electrons. The maximum atomic E-state index is 11.5. The molecule has 5 nitrogen and oxygen atoms in total. The highest BCUT2D eigenvalue weighted by Crippen LogP contribution is 2.00. The highest BCUT2D eigenvalue weighted by molar-refractivity contribution is 5.77. The van der Waals surface area contributed by atoms with Gasteiger partial charge in [0.2, 0.25) is 11.8 Å². The molecule has 2 amide bonds. The first-order valence-corrected chi connectivity index (χ1v) is 6.63. The fraction of sp³-hybridized carbons (Fsp3) is 0.846. The molecule has 0 aliphatic rings. The lowest BCUT2D eigenvalue weighted by Crippen LogP contribution is -2.35. The van der Waals surface area contributed by atoms with Crippen molar-refractivity contribution in [2.45, 2.75) is 39.5 Å². The summed E-state index contributed by atoms with van der Waals surface area (Å²) in [7, 11) is 1.59. The summed E-state index contributed by atoms with van der Waals surface area (Å²) >= 11 is 0. The van der Waals surface area contributed by atoms with E-state index in [1.807, 2.05) is 0 Å². The van der Waals surface area contributed by atoms with Gasteiger partial charge in [0.05, 0.1) is 6.61 Å². The molecule has 0 fully saturated rings. The standard InChI is InChI=1S/C13H26N2O3/c1-4-5-6-9-15(12(2)16)10-7-13(17)14-8-11-18-3/h4-11H2,1-3H3,(H,14,17). The third kappa shape index (κ3) is 8.98. The van der Waals surface area contributed by atoms with Crippen LogP contribution < -0.4 is 5.32 Å². The van der Waals surface area contributed by atoms with E-state index in [9.17, 15) is 9.59 Å². The molecule has 18 heavy (non-hydrogen) atoms. The first kappa shape index (κ1) is 16.9. The number of methoxy groups -OCH3 is 1. The molecule has 0 saturated carbocycles. The Kier molecular flexibility index (Phi) is 10.3. The highest BCUT2D eigenvalue weighted by atomic mass is 16.5. The van der Waals surface area contributed by atoms with Crippen molar-refractivity contribution in [2.24, 2.45) is 0 Å². The van der Waals surface area contributed by atoms with E-state index >= 15 is 0 Å². The molecule has 0 unspecified atom stereocenters. The van der Waals surface area contributed by atoms with E-state index in [1.165, 1.54) is 0 Å². The van der Waals surface area contributed by atoms with Crippen LogP contribution >= 0.6 is 0 Å². The Hall–Kier alpha value is -1.10. The molecule has 0 rings (SSSR count). The summed E-state index contributed by atoms with van der Waals surface area (Å²) in [6, 6.07) is 0. The fourth-order valence-corrected chi connectivity index (χ4v) is 1.60. The van der Waals surface area contributed by atoms with Crippen molar-refractivity contribution in [2.75, 3.05) is 33.4 Å². The van der Waals surface area contributed by atoms with Gasteiger partial charge in [0.25, 0.3) is 0 Å². The summed E-state index contributed by atoms with van der Waals surface area (Å²) in [4.78, 5) is 24.6. The van der Waals surface area contributed by atoms with E-state index in [0.717, 1.165) is 25.8 Å². The Morgan fingerprint density at radius 2 is 1.94 bits per heavy atom. The number of ether oxygens (including phenoxy) is 1. The normalized spacial score (nSPS) is 10.2. The van der Waals surface area contributed by atoms with Crippen molar-refractivity contribution < 1.29 is 14.3 Å². The SMILES string of the molecule is CCCCCN(CCC(=O)NCCOC)C(C)=O. The van der Waals surface area contributed by atoms with Crippen molar-refractivity contribution in [1.29, 1.82) is 0 Å². The second-order valence-electron chi connectivity index (χ2n) is 4.31. The van der Waals surface area contributed by atoms with Crippen molar-refractivity contribution in [3.8, 4) is 0 Å². The van der Waals surface area contributed by atoms with Crippen LogP contribution in [0.15, 0.2) is 0 Å². The Morgan fingerprint density at radius 1 is 1.22 bits per heavy atom. The van der Waals surface area contributed by atoms with Crippen LogP contribution in [0.4, 0.5) is 0 Å². The van der Waals surface area contributed by atoms with Crippen LogP contribution in [0.1, 0.15) is 39.5 Å². The van der Waals surface area contributed by atoms with Crippen molar-refractivity contribution in [3.05, 3.63) is 0 Å². The van der Waals surface area contributed by atoms with Gasteiger partial charge in [0.15, 0.2) is 0 Å². The van der Waals surface area contributed by atoms with Gasteiger partial charge < -0.3 is 15.0 Å². The molecule has 0 saturated heterocycles. The minimum Gasteiger partial charge on any atom is -0.383 e. The summed E-state index contributed by atoms with van der Waals surface area (Å²) in [5, 5.41) is 2.74. The molecule has 0 aromatic rings. The van der Waals surface area contributed by atoms with Gasteiger partial charge in [-0.1, -0.05) is 19.8 Å². The lowest BCUT2D eigenvalue weighted by Gasteiger charge is -2.20. The number of nitrogens with one attached hydrogen (secondary N) is 1. The lowest BCUT2D eigenvalue weighted by molar-refractivity contribution is -0.129. The van der Waals surface area contributed by atoms with E-state index < -0.39 is 0 Å². The second-order valence-corrected chi connectivity index (χ2v) is 4.31. The number of unbranched alkanes of at least 4 members (excludes halogenated alkanes) is 2. The number of rotatable bonds is 10. The summed E-state index contributed by atoms with van der Waals surface area (Å²) in [5.41, 5.74) is 0. The number of carbonyl (C=O) groups is 2. The maximum Gasteiger partial charge on any atom is 0.221 e. The van der Waals surface area contributed by atoms with Gasteiger partial charge in [-0.05, 0) is 6.42 Å². The largest absolute Gasteiger partial charge is 0.383 e. The van der Waals surface area contributed by atoms with E-state index in [0.29, 0.717) is 26.1 Å². The quantitative estimate of drug-likeness (QED) is 0.599. The molecule has 0 aromatic heterocycles. The van der Waals surface area contributed by atoms with Crippen LogP contribution in [0.5, 0.6) is 0 Å². The molecule has 0 radical (unpaired) electrons. The van der Waals surface area contributed by atoms with Crippen molar-refractivity contribution in [1.82, 2.24) is 10.2 Å². The van der Waals surface area contributed by atoms with E-state index in [2.05, 4.69) is 12.2 Å². The average Bonchev–Trinajstić information content (AvgIpc) is 2.33. The Labute approximate surface area is 110 Å². The Balaban J connectivity index is 3.81. The molecule has 0 atom stereocenters. The molecule has 0 aromatic carbocycles. The van der Waals surface area contributed by atoms with Gasteiger partial charge in [-0.3, -0.25) is 9.59 Å². The van der Waals surface area contributed by atoms with Crippen LogP contribution in [0.25, 0.3) is 0 Å². The monoisotopic (exact) mass is 258 g/mol. The molecule has 0 aliphatic heterocycles. The van der Waals surface area contributed by atoms with Crippen LogP contribution in [0, 0.1) is 0 Å². The first-order chi connectivity index (χ1) is 8.61. The van der Waals surface area contributed by atoms with Crippen LogP contribution in [0.2, 0.25) is 0 Å². The number of hydrogen-bond donors (Lipinski definition) is 1. The van der Waals surface area contributed by atoms with Gasteiger partial charge >= 0.3 is 0 Å². The summed E-state index contributed by atoms with van der Waals surface area (Å²) in [6.45, 7) is 5.95. The molecule has 0 aliphatic carbocycles. The van der Waals surface area contributed by atoms with Crippen LogP contribution in [0.3, 0.4) is 0 Å². The van der Waals surface area contributed by atoms with E-state index in [4.69, 9.17) is 4.74 Å². The van der Waals surface area contributed by atoms with Gasteiger partial charge in [0.1, 0.15) is 0 Å². The first-order valence-electron chi connectivity index (χ1n) is 6.63. The third-order valence-electron chi connectivity index (χ3n) is 2.71. The minimum absolute atomic E-state index is 0.0335. The number of nitrogens with zero attached hydrogens (tertiary/aromatic N) is 1. The zero-order valence-electron chi connectivity index (χ0n) is 11.8. The van der Waals surface area contributed by atoms with Gasteiger partial charge in [-0.15, -0.1) is 0 Å². The Bertz CT molecular complexity index is 244. The zero-order valence-corrected chi connectivity index (χ0v) is 11.8. The lowest BCUT2D eigenvalue weighted by atomic mass is 10.2. The number of amides is 2. The Morgan fingerprint density at radius 3 is 2.50 bits per heavy atom. The summed E-state index contributed by atoms with van der Waals surface area (Å²) in [5.74, 6) is 0.00425. The molecule has 0 heterocycles. The third-order valence-corrected chi connectivity index (χ3v) is 2.71. The predicted octanol–water partition coefficient (Wildman–Crippen LogP) is 1.18. The summed E-state index contributed by atoms with van der Waals surface area (Å²) < 4.78 is 4.84. The van der Waals surface area contributed by atoms with Crippen LogP contribution in [-0.4, -0.2) is 50.1 Å². The molecular formula is C13H26N2O3. The van der Waals surface area contributed by atoms with E-state index in [1.54, 1.807) is 18.9 Å². The van der Waals surface area contributed by atoms with Gasteiger partial charge in [-0.25, -0.2) is 0 Å². The van der Waals surface area contributed by atoms with Crippen LogP contribution in [-0.2, 0) is 14.3 Å². The second kappa shape index (κ2) is 11.0. The molecule has 5 heteroatoms. The molecule has 0 bridgehead atoms. The summed E-state index contributed by atoms with van der Waals surface area (Å²) in [6.07, 6.45) is 3.60. The average molecular weight is 258 g/mol. The smallest absolute Gasteiger partial charge is 0.221 e. The van der Waals surface area contributed by atoms with Gasteiger partial charge in [-0.2, -0.15) is 0 Å². The molecular weight excluding hydrogens is 232 g/mol. The number of hydrogen-bond acceptors (Lipinski definition) is 3. The van der Waals surface area contributed by atoms with Crippen molar-refractivity contribution >= 4 is 11.8 Å². The zero-order chi connectivity index (χ0) is 13.8. The molecule has 0 spiro atoms. The minimum atomic E-state index is -0.0335. The van der Waals surface area contributed by atoms with Gasteiger partial charge in [0, 0.05) is 40.1 Å².